The molecule has 1 amide bonds. The minimum atomic E-state index is 0.00154. The number of halogens is 1. The first-order chi connectivity index (χ1) is 9.12. The molecule has 0 aliphatic rings. The number of rotatable bonds is 5. The first-order valence-corrected chi connectivity index (χ1v) is 6.84. The van der Waals surface area contributed by atoms with Gasteiger partial charge in [-0.2, -0.15) is 5.10 Å². The molecule has 2 aromatic heterocycles. The van der Waals surface area contributed by atoms with Crippen LogP contribution < -0.4 is 5.32 Å². The van der Waals surface area contributed by atoms with E-state index >= 15 is 0 Å². The molecule has 0 bridgehead atoms. The van der Waals surface area contributed by atoms with E-state index < -0.39 is 0 Å². The number of fused-ring (bicyclic) bond motifs is 1. The smallest absolute Gasteiger partial charge is 0.221 e. The van der Waals surface area contributed by atoms with Crippen LogP contribution >= 0.6 is 11.6 Å². The SMILES string of the molecule is CCn1nc(C)c2nc(CCl)n(CCC(=O)NC)c21. The maximum absolute atomic E-state index is 11.4. The standard InChI is InChI=1S/C12H18ClN5O/c1-4-18-12-11(8(2)16-18)15-9(7-13)17(12)6-5-10(19)14-3/h4-7H2,1-3H3,(H,14,19). The highest BCUT2D eigenvalue weighted by atomic mass is 35.5. The van der Waals surface area contributed by atoms with Crippen molar-refractivity contribution in [2.24, 2.45) is 0 Å². The van der Waals surface area contributed by atoms with E-state index in [0.717, 1.165) is 29.2 Å². The zero-order chi connectivity index (χ0) is 14.0. The Kier molecular flexibility index (Phi) is 4.09. The summed E-state index contributed by atoms with van der Waals surface area (Å²) in [6, 6.07) is 0. The van der Waals surface area contributed by atoms with Crippen LogP contribution in [0.25, 0.3) is 11.2 Å². The quantitative estimate of drug-likeness (QED) is 0.845. The Bertz CT molecular complexity index is 601. The third-order valence-corrected chi connectivity index (χ3v) is 3.38. The van der Waals surface area contributed by atoms with Crippen molar-refractivity contribution in [2.75, 3.05) is 7.05 Å². The van der Waals surface area contributed by atoms with E-state index in [2.05, 4.69) is 15.4 Å². The van der Waals surface area contributed by atoms with Crippen LogP contribution in [0, 0.1) is 6.92 Å². The summed E-state index contributed by atoms with van der Waals surface area (Å²) >= 11 is 5.94. The van der Waals surface area contributed by atoms with Gasteiger partial charge in [0.25, 0.3) is 0 Å². The number of aromatic nitrogens is 4. The molecule has 0 fully saturated rings. The highest BCUT2D eigenvalue weighted by molar-refractivity contribution is 6.16. The van der Waals surface area contributed by atoms with E-state index in [-0.39, 0.29) is 5.91 Å². The molecule has 0 aliphatic heterocycles. The number of carbonyl (C=O) groups excluding carboxylic acids is 1. The molecule has 6 nitrogen and oxygen atoms in total. The van der Waals surface area contributed by atoms with Crippen LogP contribution in [0.1, 0.15) is 24.9 Å². The number of imidazole rings is 1. The molecule has 0 spiro atoms. The van der Waals surface area contributed by atoms with E-state index in [4.69, 9.17) is 11.6 Å². The zero-order valence-corrected chi connectivity index (χ0v) is 12.2. The monoisotopic (exact) mass is 283 g/mol. The third kappa shape index (κ3) is 2.45. The molecular formula is C12H18ClN5O. The maximum atomic E-state index is 11.4. The highest BCUT2D eigenvalue weighted by Crippen LogP contribution is 2.21. The second-order valence-corrected chi connectivity index (χ2v) is 4.58. The van der Waals surface area contributed by atoms with Gasteiger partial charge in [-0.3, -0.25) is 4.79 Å². The fraction of sp³-hybridized carbons (Fsp3) is 0.583. The molecule has 19 heavy (non-hydrogen) atoms. The molecule has 1 N–H and O–H groups in total. The number of nitrogens with one attached hydrogen (secondary N) is 1. The van der Waals surface area contributed by atoms with Crippen LogP contribution in [0.5, 0.6) is 0 Å². The molecule has 2 heterocycles. The average Bonchev–Trinajstić information content (AvgIpc) is 2.93. The summed E-state index contributed by atoms with van der Waals surface area (Å²) in [5.41, 5.74) is 2.70. The zero-order valence-electron chi connectivity index (χ0n) is 11.4. The van der Waals surface area contributed by atoms with Gasteiger partial charge in [-0.1, -0.05) is 0 Å². The van der Waals surface area contributed by atoms with E-state index in [9.17, 15) is 4.79 Å². The molecule has 7 heteroatoms. The van der Waals surface area contributed by atoms with Gasteiger partial charge in [0.15, 0.2) is 5.65 Å². The van der Waals surface area contributed by atoms with Crippen LogP contribution in [0.3, 0.4) is 0 Å². The molecule has 104 valence electrons. The highest BCUT2D eigenvalue weighted by Gasteiger charge is 2.17. The normalized spacial score (nSPS) is 11.2. The van der Waals surface area contributed by atoms with Crippen molar-refractivity contribution in [1.82, 2.24) is 24.6 Å². The molecule has 0 atom stereocenters. The summed E-state index contributed by atoms with van der Waals surface area (Å²) in [6.45, 7) is 5.28. The number of aryl methyl sites for hydroxylation is 3. The minimum absolute atomic E-state index is 0.00154. The fourth-order valence-electron chi connectivity index (χ4n) is 2.17. The van der Waals surface area contributed by atoms with Crippen molar-refractivity contribution < 1.29 is 4.79 Å². The van der Waals surface area contributed by atoms with Gasteiger partial charge in [0, 0.05) is 26.6 Å². The molecule has 2 rings (SSSR count). The Labute approximate surface area is 116 Å². The Hall–Kier alpha value is -1.56. The van der Waals surface area contributed by atoms with Gasteiger partial charge in [-0.05, 0) is 13.8 Å². The summed E-state index contributed by atoms with van der Waals surface area (Å²) in [6.07, 6.45) is 0.403. The van der Waals surface area contributed by atoms with Crippen LogP contribution in [0.4, 0.5) is 0 Å². The van der Waals surface area contributed by atoms with E-state index in [1.165, 1.54) is 0 Å². The van der Waals surface area contributed by atoms with Crippen molar-refractivity contribution in [1.29, 1.82) is 0 Å². The second-order valence-electron chi connectivity index (χ2n) is 4.31. The maximum Gasteiger partial charge on any atom is 0.221 e. The molecule has 0 saturated heterocycles. The molecule has 0 radical (unpaired) electrons. The average molecular weight is 284 g/mol. The summed E-state index contributed by atoms with van der Waals surface area (Å²) in [7, 11) is 1.63. The largest absolute Gasteiger partial charge is 0.359 e. The van der Waals surface area contributed by atoms with Crippen molar-refractivity contribution in [3.63, 3.8) is 0 Å². The predicted octanol–water partition coefficient (Wildman–Crippen LogP) is 1.44. The van der Waals surface area contributed by atoms with Crippen LogP contribution in [-0.4, -0.2) is 32.3 Å². The van der Waals surface area contributed by atoms with Gasteiger partial charge in [0.1, 0.15) is 11.3 Å². The molecule has 0 unspecified atom stereocenters. The number of hydrogen-bond acceptors (Lipinski definition) is 3. The van der Waals surface area contributed by atoms with Crippen LogP contribution in [0.2, 0.25) is 0 Å². The van der Waals surface area contributed by atoms with Gasteiger partial charge >= 0.3 is 0 Å². The number of amides is 1. The topological polar surface area (TPSA) is 64.7 Å². The minimum Gasteiger partial charge on any atom is -0.359 e. The summed E-state index contributed by atoms with van der Waals surface area (Å²) in [5, 5.41) is 7.06. The van der Waals surface area contributed by atoms with Crippen molar-refractivity contribution in [3.05, 3.63) is 11.5 Å². The van der Waals surface area contributed by atoms with Crippen molar-refractivity contribution >= 4 is 28.7 Å². The molecule has 0 aliphatic carbocycles. The van der Waals surface area contributed by atoms with Crippen molar-refractivity contribution in [3.8, 4) is 0 Å². The second kappa shape index (κ2) is 5.61. The van der Waals surface area contributed by atoms with Gasteiger partial charge in [0.2, 0.25) is 5.91 Å². The lowest BCUT2D eigenvalue weighted by Crippen LogP contribution is -2.20. The lowest BCUT2D eigenvalue weighted by atomic mass is 10.4. The van der Waals surface area contributed by atoms with E-state index in [0.29, 0.717) is 18.8 Å². The van der Waals surface area contributed by atoms with Gasteiger partial charge < -0.3 is 9.88 Å². The van der Waals surface area contributed by atoms with Crippen LogP contribution in [0.15, 0.2) is 0 Å². The Morgan fingerprint density at radius 2 is 2.21 bits per heavy atom. The Balaban J connectivity index is 2.46. The molecule has 2 aromatic rings. The number of alkyl halides is 1. The van der Waals surface area contributed by atoms with Crippen LogP contribution in [-0.2, 0) is 23.8 Å². The first-order valence-electron chi connectivity index (χ1n) is 6.31. The fourth-order valence-corrected chi connectivity index (χ4v) is 2.37. The summed E-state index contributed by atoms with van der Waals surface area (Å²) < 4.78 is 3.89. The molecular weight excluding hydrogens is 266 g/mol. The lowest BCUT2D eigenvalue weighted by Gasteiger charge is -2.08. The van der Waals surface area contributed by atoms with Gasteiger partial charge in [0.05, 0.1) is 11.6 Å². The molecule has 0 saturated carbocycles. The van der Waals surface area contributed by atoms with Gasteiger partial charge in [-0.15, -0.1) is 11.6 Å². The number of hydrogen-bond donors (Lipinski definition) is 1. The lowest BCUT2D eigenvalue weighted by molar-refractivity contribution is -0.120. The van der Waals surface area contributed by atoms with Crippen molar-refractivity contribution in [2.45, 2.75) is 39.2 Å². The predicted molar refractivity (Wildman–Crippen MR) is 74.2 cm³/mol. The number of carbonyl (C=O) groups is 1. The summed E-state index contributed by atoms with van der Waals surface area (Å²) in [4.78, 5) is 15.9. The Morgan fingerprint density at radius 3 is 2.79 bits per heavy atom. The third-order valence-electron chi connectivity index (χ3n) is 3.14. The molecule has 0 aromatic carbocycles. The summed E-state index contributed by atoms with van der Waals surface area (Å²) in [5.74, 6) is 1.11. The van der Waals surface area contributed by atoms with E-state index in [1.54, 1.807) is 7.05 Å². The number of nitrogens with zero attached hydrogens (tertiary/aromatic N) is 4. The first kappa shape index (κ1) is 13.9. The Morgan fingerprint density at radius 1 is 1.47 bits per heavy atom. The van der Waals surface area contributed by atoms with Gasteiger partial charge in [-0.25, -0.2) is 9.67 Å². The van der Waals surface area contributed by atoms with E-state index in [1.807, 2.05) is 23.1 Å².